The number of alkyl halides is 3. The van der Waals surface area contributed by atoms with E-state index in [0.29, 0.717) is 19.4 Å². The van der Waals surface area contributed by atoms with Gasteiger partial charge in [0.2, 0.25) is 0 Å². The second-order valence-corrected chi connectivity index (χ2v) is 5.22. The molecule has 1 aliphatic rings. The van der Waals surface area contributed by atoms with Crippen LogP contribution >= 0.6 is 0 Å². The van der Waals surface area contributed by atoms with Crippen molar-refractivity contribution in [3.8, 4) is 0 Å². The van der Waals surface area contributed by atoms with Gasteiger partial charge in [0.25, 0.3) is 0 Å². The third-order valence-electron chi connectivity index (χ3n) is 3.62. The fraction of sp³-hybridized carbons (Fsp3) is 1.00. The van der Waals surface area contributed by atoms with Crippen LogP contribution in [-0.2, 0) is 0 Å². The van der Waals surface area contributed by atoms with Crippen molar-refractivity contribution in [2.45, 2.75) is 56.2 Å². The summed E-state index contributed by atoms with van der Waals surface area (Å²) in [7, 11) is 0. The highest BCUT2D eigenvalue weighted by Gasteiger charge is 2.40. The molecule has 1 saturated heterocycles. The molecule has 1 aliphatic heterocycles. The monoisotopic (exact) mass is 301 g/mol. The Labute approximate surface area is 115 Å². The Morgan fingerprint density at radius 2 is 1.65 bits per heavy atom. The number of hydrogen-bond acceptors (Lipinski definition) is 5. The van der Waals surface area contributed by atoms with E-state index in [0.717, 1.165) is 0 Å². The Balaban J connectivity index is 2.34. The average molecular weight is 301 g/mol. The van der Waals surface area contributed by atoms with Gasteiger partial charge in [-0.3, -0.25) is 4.90 Å². The van der Waals surface area contributed by atoms with Crippen molar-refractivity contribution in [2.75, 3.05) is 19.7 Å². The van der Waals surface area contributed by atoms with Gasteiger partial charge in [-0.2, -0.15) is 13.2 Å². The Kier molecular flexibility index (Phi) is 6.67. The summed E-state index contributed by atoms with van der Waals surface area (Å²) in [6.45, 7) is 0.0696. The van der Waals surface area contributed by atoms with Crippen LogP contribution < -0.4 is 0 Å². The maximum absolute atomic E-state index is 12.0. The second kappa shape index (κ2) is 7.56. The Morgan fingerprint density at radius 1 is 1.00 bits per heavy atom. The van der Waals surface area contributed by atoms with Gasteiger partial charge in [0.1, 0.15) is 12.2 Å². The fourth-order valence-corrected chi connectivity index (χ4v) is 2.45. The van der Waals surface area contributed by atoms with E-state index in [1.807, 2.05) is 0 Å². The van der Waals surface area contributed by atoms with Crippen molar-refractivity contribution < 1.29 is 33.6 Å². The molecule has 20 heavy (non-hydrogen) atoms. The standard InChI is InChI=1S/C12H22F3NO4/c13-12(14,15)4-2-1-3-5-16-6-9(18)11(20)10(19)8(16)7-17/h8-11,17-20H,1-7H2/t8?,9-,10+,11+/m0/s1. The number of aliphatic hydroxyl groups excluding tert-OH is 4. The summed E-state index contributed by atoms with van der Waals surface area (Å²) in [6, 6.07) is -0.698. The highest BCUT2D eigenvalue weighted by atomic mass is 19.4. The van der Waals surface area contributed by atoms with Crippen LogP contribution in [0.15, 0.2) is 0 Å². The predicted octanol–water partition coefficient (Wildman–Crippen LogP) is -0.132. The van der Waals surface area contributed by atoms with Gasteiger partial charge in [-0.1, -0.05) is 6.42 Å². The molecule has 1 rings (SSSR count). The normalized spacial score (nSPS) is 32.5. The van der Waals surface area contributed by atoms with Crippen LogP contribution in [0.4, 0.5) is 13.2 Å². The molecule has 0 bridgehead atoms. The van der Waals surface area contributed by atoms with Gasteiger partial charge in [0.15, 0.2) is 0 Å². The predicted molar refractivity (Wildman–Crippen MR) is 65.0 cm³/mol. The number of piperidine rings is 1. The first-order valence-corrected chi connectivity index (χ1v) is 6.72. The van der Waals surface area contributed by atoms with Crippen molar-refractivity contribution in [2.24, 2.45) is 0 Å². The zero-order valence-electron chi connectivity index (χ0n) is 11.1. The van der Waals surface area contributed by atoms with Crippen LogP contribution in [0.2, 0.25) is 0 Å². The zero-order chi connectivity index (χ0) is 15.3. The van der Waals surface area contributed by atoms with Crippen LogP contribution in [0.1, 0.15) is 25.7 Å². The van der Waals surface area contributed by atoms with Crippen LogP contribution in [0.5, 0.6) is 0 Å². The lowest BCUT2D eigenvalue weighted by Crippen LogP contribution is -2.62. The molecule has 1 heterocycles. The van der Waals surface area contributed by atoms with Gasteiger partial charge >= 0.3 is 6.18 Å². The van der Waals surface area contributed by atoms with Crippen molar-refractivity contribution >= 4 is 0 Å². The number of rotatable bonds is 6. The minimum Gasteiger partial charge on any atom is -0.395 e. The molecular formula is C12H22F3NO4. The summed E-state index contributed by atoms with van der Waals surface area (Å²) in [4.78, 5) is 1.61. The lowest BCUT2D eigenvalue weighted by molar-refractivity contribution is -0.145. The Bertz CT molecular complexity index is 290. The molecule has 0 aromatic rings. The first kappa shape index (κ1) is 17.6. The SMILES string of the molecule is OCC1[C@@H](O)[C@H](O)[C@@H](O)CN1CCCCCC(F)(F)F. The quantitative estimate of drug-likeness (QED) is 0.514. The number of nitrogens with zero attached hydrogens (tertiary/aromatic N) is 1. The lowest BCUT2D eigenvalue weighted by atomic mass is 9.94. The van der Waals surface area contributed by atoms with E-state index in [1.54, 1.807) is 4.90 Å². The minimum absolute atomic E-state index is 0.0366. The van der Waals surface area contributed by atoms with Crippen LogP contribution in [0.3, 0.4) is 0 Å². The van der Waals surface area contributed by atoms with Gasteiger partial charge in [0, 0.05) is 13.0 Å². The summed E-state index contributed by atoms with van der Waals surface area (Å²) in [5, 5.41) is 38.0. The topological polar surface area (TPSA) is 84.2 Å². The van der Waals surface area contributed by atoms with E-state index >= 15 is 0 Å². The molecule has 120 valence electrons. The van der Waals surface area contributed by atoms with Gasteiger partial charge in [-0.25, -0.2) is 0 Å². The fourth-order valence-electron chi connectivity index (χ4n) is 2.45. The maximum atomic E-state index is 12.0. The molecule has 4 N–H and O–H groups in total. The van der Waals surface area contributed by atoms with Crippen molar-refractivity contribution in [1.82, 2.24) is 4.90 Å². The van der Waals surface area contributed by atoms with Crippen molar-refractivity contribution in [3.05, 3.63) is 0 Å². The molecule has 8 heteroatoms. The smallest absolute Gasteiger partial charge is 0.389 e. The number of aliphatic hydroxyl groups is 4. The largest absolute Gasteiger partial charge is 0.395 e. The second-order valence-electron chi connectivity index (χ2n) is 5.22. The molecule has 4 atom stereocenters. The van der Waals surface area contributed by atoms with E-state index in [2.05, 4.69) is 0 Å². The highest BCUT2D eigenvalue weighted by Crippen LogP contribution is 2.23. The first-order chi connectivity index (χ1) is 9.26. The summed E-state index contributed by atoms with van der Waals surface area (Å²) in [5.41, 5.74) is 0. The molecular weight excluding hydrogens is 279 g/mol. The van der Waals surface area contributed by atoms with Gasteiger partial charge in [-0.05, 0) is 19.4 Å². The number of unbranched alkanes of at least 4 members (excludes halogenated alkanes) is 2. The van der Waals surface area contributed by atoms with Crippen molar-refractivity contribution in [3.63, 3.8) is 0 Å². The zero-order valence-corrected chi connectivity index (χ0v) is 11.1. The maximum Gasteiger partial charge on any atom is 0.389 e. The van der Waals surface area contributed by atoms with Crippen LogP contribution in [-0.4, -0.2) is 75.6 Å². The summed E-state index contributed by atoms with van der Waals surface area (Å²) in [5.74, 6) is 0. The molecule has 5 nitrogen and oxygen atoms in total. The van der Waals surface area contributed by atoms with Gasteiger partial charge in [0.05, 0.1) is 18.8 Å². The molecule has 0 radical (unpaired) electrons. The molecule has 0 aliphatic carbocycles. The molecule has 0 aromatic heterocycles. The summed E-state index contributed by atoms with van der Waals surface area (Å²) in [6.07, 6.45) is -7.77. The number of likely N-dealkylation sites (tertiary alicyclic amines) is 1. The first-order valence-electron chi connectivity index (χ1n) is 6.72. The van der Waals surface area contributed by atoms with Gasteiger partial charge in [-0.15, -0.1) is 0 Å². The third kappa shape index (κ3) is 5.17. The van der Waals surface area contributed by atoms with E-state index < -0.39 is 37.0 Å². The molecule has 0 spiro atoms. The highest BCUT2D eigenvalue weighted by molar-refractivity contribution is 4.93. The van der Waals surface area contributed by atoms with E-state index in [1.165, 1.54) is 0 Å². The number of hydrogen-bond donors (Lipinski definition) is 4. The van der Waals surface area contributed by atoms with Crippen LogP contribution in [0.25, 0.3) is 0 Å². The molecule has 0 saturated carbocycles. The average Bonchev–Trinajstić information content (AvgIpc) is 2.34. The van der Waals surface area contributed by atoms with E-state index in [-0.39, 0.29) is 19.6 Å². The van der Waals surface area contributed by atoms with Crippen LogP contribution in [0, 0.1) is 0 Å². The third-order valence-corrected chi connectivity index (χ3v) is 3.62. The van der Waals surface area contributed by atoms with Gasteiger partial charge < -0.3 is 20.4 Å². The number of halogens is 3. The molecule has 1 unspecified atom stereocenters. The molecule has 1 fully saturated rings. The lowest BCUT2D eigenvalue weighted by Gasteiger charge is -2.43. The van der Waals surface area contributed by atoms with E-state index in [4.69, 9.17) is 0 Å². The van der Waals surface area contributed by atoms with Crippen molar-refractivity contribution in [1.29, 1.82) is 0 Å². The minimum atomic E-state index is -4.14. The summed E-state index contributed by atoms with van der Waals surface area (Å²) >= 11 is 0. The summed E-state index contributed by atoms with van der Waals surface area (Å²) < 4.78 is 35.9. The Hall–Kier alpha value is -0.410. The number of β-amino-alcohol motifs (C(OH)–C–C–N with tert-alkyl or cyclic N) is 1. The Morgan fingerprint density at radius 3 is 2.20 bits per heavy atom. The molecule has 0 amide bonds. The molecule has 0 aromatic carbocycles. The van der Waals surface area contributed by atoms with E-state index in [9.17, 15) is 33.6 Å².